The number of unbranched alkanes of at least 4 members (excludes halogenated alkanes) is 1. The molecule has 0 atom stereocenters. The number of hydrogen-bond acceptors (Lipinski definition) is 2. The van der Waals surface area contributed by atoms with E-state index in [2.05, 4.69) is 11.9 Å². The number of aryl methyl sites for hydroxylation is 1. The molecule has 0 unspecified atom stereocenters. The van der Waals surface area contributed by atoms with Crippen LogP contribution in [0.3, 0.4) is 0 Å². The smallest absolute Gasteiger partial charge is 0.272 e. The molecule has 2 heterocycles. The van der Waals surface area contributed by atoms with Crippen LogP contribution in [0.4, 0.5) is 0 Å². The average Bonchev–Trinajstić information content (AvgIpc) is 2.74. The van der Waals surface area contributed by atoms with Gasteiger partial charge in [-0.3, -0.25) is 9.20 Å². The molecule has 0 fully saturated rings. The Morgan fingerprint density at radius 3 is 2.85 bits per heavy atom. The molecule has 0 radical (unpaired) electrons. The molecule has 0 saturated carbocycles. The van der Waals surface area contributed by atoms with Crippen LogP contribution in [0.1, 0.15) is 42.9 Å². The molecule has 0 bridgehead atoms. The number of halogens is 1. The molecule has 2 rings (SSSR count). The lowest BCUT2D eigenvalue weighted by Gasteiger charge is -2.20. The Hall–Kier alpha value is -1.55. The fourth-order valence-corrected chi connectivity index (χ4v) is 2.45. The van der Waals surface area contributed by atoms with Crippen molar-refractivity contribution >= 4 is 23.2 Å². The van der Waals surface area contributed by atoms with Crippen LogP contribution >= 0.6 is 11.6 Å². The van der Waals surface area contributed by atoms with Gasteiger partial charge in [0, 0.05) is 30.4 Å². The van der Waals surface area contributed by atoms with Gasteiger partial charge in [0.2, 0.25) is 0 Å². The highest BCUT2D eigenvalue weighted by molar-refractivity contribution is 6.30. The highest BCUT2D eigenvalue weighted by atomic mass is 35.5. The van der Waals surface area contributed by atoms with Crippen molar-refractivity contribution in [1.29, 1.82) is 0 Å². The van der Waals surface area contributed by atoms with Gasteiger partial charge in [0.25, 0.3) is 5.91 Å². The number of pyridine rings is 1. The van der Waals surface area contributed by atoms with Gasteiger partial charge >= 0.3 is 0 Å². The molecule has 0 aliphatic rings. The molecule has 5 heteroatoms. The van der Waals surface area contributed by atoms with Gasteiger partial charge < -0.3 is 4.90 Å². The van der Waals surface area contributed by atoms with Crippen molar-refractivity contribution < 1.29 is 4.79 Å². The quantitative estimate of drug-likeness (QED) is 0.845. The first-order valence-corrected chi connectivity index (χ1v) is 7.39. The Balaban J connectivity index is 2.40. The molecule has 0 N–H and O–H groups in total. The number of carbonyl (C=O) groups excluding carboxylic acids is 1. The number of carbonyl (C=O) groups is 1. The van der Waals surface area contributed by atoms with Crippen molar-refractivity contribution in [3.05, 3.63) is 34.7 Å². The lowest BCUT2D eigenvalue weighted by atomic mass is 10.2. The third-order valence-corrected chi connectivity index (χ3v) is 3.65. The first-order chi connectivity index (χ1) is 9.58. The average molecular weight is 294 g/mol. The molecular weight excluding hydrogens is 274 g/mol. The number of nitrogens with zero attached hydrogens (tertiary/aromatic N) is 3. The van der Waals surface area contributed by atoms with E-state index in [0.717, 1.165) is 25.1 Å². The minimum absolute atomic E-state index is 0.0354. The van der Waals surface area contributed by atoms with Gasteiger partial charge in [-0.15, -0.1) is 0 Å². The van der Waals surface area contributed by atoms with Crippen LogP contribution in [0, 0.1) is 6.92 Å². The van der Waals surface area contributed by atoms with Gasteiger partial charge in [0.05, 0.1) is 5.69 Å². The maximum Gasteiger partial charge on any atom is 0.272 e. The predicted octanol–water partition coefficient (Wildman–Crippen LogP) is 3.56. The Morgan fingerprint density at radius 1 is 1.45 bits per heavy atom. The molecule has 2 aromatic rings. The zero-order chi connectivity index (χ0) is 14.7. The van der Waals surface area contributed by atoms with E-state index in [-0.39, 0.29) is 5.91 Å². The molecular formula is C15H20ClN3O. The van der Waals surface area contributed by atoms with Gasteiger partial charge in [-0.2, -0.15) is 0 Å². The van der Waals surface area contributed by atoms with E-state index < -0.39 is 0 Å². The Labute approximate surface area is 124 Å². The molecule has 108 valence electrons. The zero-order valence-corrected chi connectivity index (χ0v) is 12.9. The number of amides is 1. The van der Waals surface area contributed by atoms with Crippen LogP contribution in [0.5, 0.6) is 0 Å². The van der Waals surface area contributed by atoms with E-state index in [1.807, 2.05) is 23.1 Å². The number of aromatic nitrogens is 2. The normalized spacial score (nSPS) is 11.0. The Kier molecular flexibility index (Phi) is 4.65. The van der Waals surface area contributed by atoms with Crippen LogP contribution in [-0.2, 0) is 0 Å². The van der Waals surface area contributed by atoms with Crippen molar-refractivity contribution in [2.75, 3.05) is 13.1 Å². The molecule has 0 aliphatic heterocycles. The fraction of sp³-hybridized carbons (Fsp3) is 0.467. The summed E-state index contributed by atoms with van der Waals surface area (Å²) in [5, 5.41) is 0.625. The summed E-state index contributed by atoms with van der Waals surface area (Å²) in [6, 6.07) is 3.54. The maximum atomic E-state index is 12.7. The number of fused-ring (bicyclic) bond motifs is 1. The highest BCUT2D eigenvalue weighted by Gasteiger charge is 2.21. The Bertz CT molecular complexity index is 621. The summed E-state index contributed by atoms with van der Waals surface area (Å²) in [7, 11) is 0. The van der Waals surface area contributed by atoms with Crippen molar-refractivity contribution in [1.82, 2.24) is 14.3 Å². The molecule has 0 spiro atoms. The predicted molar refractivity (Wildman–Crippen MR) is 81.4 cm³/mol. The summed E-state index contributed by atoms with van der Waals surface area (Å²) in [4.78, 5) is 19.0. The summed E-state index contributed by atoms with van der Waals surface area (Å²) >= 11 is 5.97. The second-order valence-electron chi connectivity index (χ2n) is 4.86. The van der Waals surface area contributed by atoms with Gasteiger partial charge in [-0.1, -0.05) is 24.9 Å². The minimum atomic E-state index is 0.0354. The van der Waals surface area contributed by atoms with Gasteiger partial charge in [0.15, 0.2) is 0 Å². The van der Waals surface area contributed by atoms with E-state index >= 15 is 0 Å². The van der Waals surface area contributed by atoms with E-state index in [0.29, 0.717) is 22.9 Å². The van der Waals surface area contributed by atoms with E-state index in [4.69, 9.17) is 11.6 Å². The summed E-state index contributed by atoms with van der Waals surface area (Å²) in [5.41, 5.74) is 2.09. The van der Waals surface area contributed by atoms with Crippen molar-refractivity contribution in [3.63, 3.8) is 0 Å². The van der Waals surface area contributed by atoms with Crippen LogP contribution in [0.2, 0.25) is 5.02 Å². The highest BCUT2D eigenvalue weighted by Crippen LogP contribution is 2.18. The van der Waals surface area contributed by atoms with Crippen molar-refractivity contribution in [3.8, 4) is 0 Å². The first kappa shape index (κ1) is 14.9. The third kappa shape index (κ3) is 2.80. The lowest BCUT2D eigenvalue weighted by Crippen LogP contribution is -2.33. The largest absolute Gasteiger partial charge is 0.338 e. The summed E-state index contributed by atoms with van der Waals surface area (Å²) in [5.74, 6) is 0.0354. The SMILES string of the molecule is CCCCN(CC)C(=O)c1c(C)nc2cc(Cl)ccn12. The molecule has 0 aliphatic carbocycles. The van der Waals surface area contributed by atoms with Gasteiger partial charge in [0.1, 0.15) is 11.3 Å². The lowest BCUT2D eigenvalue weighted by molar-refractivity contribution is 0.0754. The maximum absolute atomic E-state index is 12.7. The molecule has 0 aromatic carbocycles. The summed E-state index contributed by atoms with van der Waals surface area (Å²) in [6.45, 7) is 7.48. The third-order valence-electron chi connectivity index (χ3n) is 3.42. The van der Waals surface area contributed by atoms with Crippen molar-refractivity contribution in [2.45, 2.75) is 33.6 Å². The summed E-state index contributed by atoms with van der Waals surface area (Å²) in [6.07, 6.45) is 3.89. The van der Waals surface area contributed by atoms with Crippen LogP contribution < -0.4 is 0 Å². The van der Waals surface area contributed by atoms with Gasteiger partial charge in [-0.25, -0.2) is 4.98 Å². The first-order valence-electron chi connectivity index (χ1n) is 7.02. The molecule has 1 amide bonds. The number of imidazole rings is 1. The number of rotatable bonds is 5. The van der Waals surface area contributed by atoms with Crippen molar-refractivity contribution in [2.24, 2.45) is 0 Å². The monoisotopic (exact) mass is 293 g/mol. The van der Waals surface area contributed by atoms with Crippen LogP contribution in [0.15, 0.2) is 18.3 Å². The number of hydrogen-bond donors (Lipinski definition) is 0. The second-order valence-corrected chi connectivity index (χ2v) is 5.29. The second kappa shape index (κ2) is 6.27. The van der Waals surface area contributed by atoms with Crippen LogP contribution in [0.25, 0.3) is 5.65 Å². The molecule has 4 nitrogen and oxygen atoms in total. The molecule has 2 aromatic heterocycles. The van der Waals surface area contributed by atoms with E-state index in [1.54, 1.807) is 18.3 Å². The molecule has 0 saturated heterocycles. The Morgan fingerprint density at radius 2 is 2.20 bits per heavy atom. The van der Waals surface area contributed by atoms with E-state index in [9.17, 15) is 4.79 Å². The molecule has 20 heavy (non-hydrogen) atoms. The minimum Gasteiger partial charge on any atom is -0.338 e. The van der Waals surface area contributed by atoms with Gasteiger partial charge in [-0.05, 0) is 26.3 Å². The zero-order valence-electron chi connectivity index (χ0n) is 12.2. The summed E-state index contributed by atoms with van der Waals surface area (Å²) < 4.78 is 1.82. The standard InChI is InChI=1S/C15H20ClN3O/c1-4-6-8-18(5-2)15(20)14-11(3)17-13-10-12(16)7-9-19(13)14/h7,9-10H,4-6,8H2,1-3H3. The fourth-order valence-electron chi connectivity index (χ4n) is 2.30. The topological polar surface area (TPSA) is 37.6 Å². The van der Waals surface area contributed by atoms with Crippen LogP contribution in [-0.4, -0.2) is 33.3 Å². The van der Waals surface area contributed by atoms with E-state index in [1.165, 1.54) is 0 Å².